The zero-order chi connectivity index (χ0) is 35.3. The van der Waals surface area contributed by atoms with E-state index in [0.717, 1.165) is 12.1 Å². The predicted octanol–water partition coefficient (Wildman–Crippen LogP) is 4.29. The van der Waals surface area contributed by atoms with Gasteiger partial charge in [-0.1, -0.05) is 42.5 Å². The summed E-state index contributed by atoms with van der Waals surface area (Å²) >= 11 is 0. The number of alkyl halides is 3. The molecule has 2 aromatic carbocycles. The average Bonchev–Trinajstić information content (AvgIpc) is 3.30. The Balaban J connectivity index is 1.38. The molecule has 1 aliphatic carbocycles. The van der Waals surface area contributed by atoms with E-state index in [1.165, 1.54) is 37.3 Å². The van der Waals surface area contributed by atoms with Crippen molar-refractivity contribution >= 4 is 11.9 Å². The zero-order valence-corrected chi connectivity index (χ0v) is 26.1. The third-order valence-corrected chi connectivity index (χ3v) is 7.59. The number of nitrogens with zero attached hydrogens (tertiary/aromatic N) is 1. The molecule has 0 heterocycles. The molecule has 48 heavy (non-hydrogen) atoms. The molecular formula is C33H39F3N2O10. The zero-order valence-electron chi connectivity index (χ0n) is 26.1. The van der Waals surface area contributed by atoms with E-state index in [9.17, 15) is 48.2 Å². The summed E-state index contributed by atoms with van der Waals surface area (Å²) in [5.74, 6) is -1.80. The number of hydrogen-bond acceptors (Lipinski definition) is 10. The molecule has 0 bridgehead atoms. The molecule has 1 aliphatic rings. The SMILES string of the molecule is CC(NC(=O)CCCC=CC[C@@H]1[C@@H](C=C[C@@H](O)COc2cccc(C(F)(F)F)c2)[C@H](O)C[C@@H]1O)C(=O)Oc1cccc(CO[N+](=O)[O-])c1. The van der Waals surface area contributed by atoms with Crippen molar-refractivity contribution in [2.45, 2.75) is 76.2 Å². The summed E-state index contributed by atoms with van der Waals surface area (Å²) in [6, 6.07) is 9.37. The molecule has 0 spiro atoms. The molecule has 1 unspecified atom stereocenters. The van der Waals surface area contributed by atoms with Crippen LogP contribution in [0, 0.1) is 22.0 Å². The Morgan fingerprint density at radius 1 is 1.10 bits per heavy atom. The lowest BCUT2D eigenvalue weighted by Crippen LogP contribution is -2.40. The van der Waals surface area contributed by atoms with Gasteiger partial charge in [-0.2, -0.15) is 13.2 Å². The molecule has 6 atom stereocenters. The van der Waals surface area contributed by atoms with Crippen LogP contribution < -0.4 is 14.8 Å². The van der Waals surface area contributed by atoms with Crippen LogP contribution in [0.4, 0.5) is 13.2 Å². The molecule has 1 fully saturated rings. The summed E-state index contributed by atoms with van der Waals surface area (Å²) in [5.41, 5.74) is -0.447. The van der Waals surface area contributed by atoms with Gasteiger partial charge in [-0.3, -0.25) is 4.79 Å². The van der Waals surface area contributed by atoms with Crippen LogP contribution in [0.3, 0.4) is 0 Å². The van der Waals surface area contributed by atoms with Crippen LogP contribution in [0.2, 0.25) is 0 Å². The molecule has 4 N–H and O–H groups in total. The summed E-state index contributed by atoms with van der Waals surface area (Å²) in [6.45, 7) is 0.852. The number of benzene rings is 2. The minimum atomic E-state index is -4.52. The van der Waals surface area contributed by atoms with E-state index in [1.807, 2.05) is 12.2 Å². The van der Waals surface area contributed by atoms with Gasteiger partial charge in [0.25, 0.3) is 5.09 Å². The fourth-order valence-corrected chi connectivity index (χ4v) is 5.12. The topological polar surface area (TPSA) is 178 Å². The van der Waals surface area contributed by atoms with E-state index in [1.54, 1.807) is 18.2 Å². The second-order valence-electron chi connectivity index (χ2n) is 11.4. The van der Waals surface area contributed by atoms with E-state index < -0.39 is 53.1 Å². The van der Waals surface area contributed by atoms with Crippen LogP contribution >= 0.6 is 0 Å². The molecule has 2 aromatic rings. The van der Waals surface area contributed by atoms with Crippen molar-refractivity contribution in [2.75, 3.05) is 6.61 Å². The van der Waals surface area contributed by atoms with E-state index in [2.05, 4.69) is 10.2 Å². The van der Waals surface area contributed by atoms with Gasteiger partial charge >= 0.3 is 12.1 Å². The Morgan fingerprint density at radius 3 is 2.56 bits per heavy atom. The number of carbonyl (C=O) groups is 2. The molecule has 0 radical (unpaired) electrons. The molecule has 15 heteroatoms. The van der Waals surface area contributed by atoms with Gasteiger partial charge in [-0.15, -0.1) is 10.1 Å². The van der Waals surface area contributed by atoms with E-state index >= 15 is 0 Å². The van der Waals surface area contributed by atoms with Crippen molar-refractivity contribution in [1.82, 2.24) is 5.32 Å². The number of aliphatic hydroxyl groups is 3. The fourth-order valence-electron chi connectivity index (χ4n) is 5.12. The molecule has 0 saturated heterocycles. The molecule has 12 nitrogen and oxygen atoms in total. The first-order chi connectivity index (χ1) is 22.7. The summed E-state index contributed by atoms with van der Waals surface area (Å²) in [7, 11) is 0. The number of unbranched alkanes of at least 4 members (excludes halogenated alkanes) is 1. The fraction of sp³-hybridized carbons (Fsp3) is 0.455. The van der Waals surface area contributed by atoms with Crippen molar-refractivity contribution in [3.63, 3.8) is 0 Å². The standard InChI is InChI=1S/C33H39F3N2O10/c1-21(32(43)48-26-11-6-8-22(16-26)19-47-38(44)45)37-31(42)13-5-3-2-4-12-27-28(30(41)18-29(27)40)15-14-24(39)20-46-25-10-7-9-23(17-25)33(34,35)36/h2,4,6-11,14-17,21,24,27-30,39-41H,3,5,12-13,18-20H2,1H3,(H,37,42)/t21?,24-,27-,28-,29+,30-/m1/s1. The first-order valence-electron chi connectivity index (χ1n) is 15.3. The molecule has 0 aliphatic heterocycles. The lowest BCUT2D eigenvalue weighted by molar-refractivity contribution is -0.763. The minimum Gasteiger partial charge on any atom is -0.491 e. The summed E-state index contributed by atoms with van der Waals surface area (Å²) in [4.78, 5) is 39.4. The second-order valence-corrected chi connectivity index (χ2v) is 11.4. The summed E-state index contributed by atoms with van der Waals surface area (Å²) < 4.78 is 49.2. The normalized spacial score (nSPS) is 20.8. The Morgan fingerprint density at radius 2 is 1.83 bits per heavy atom. The highest BCUT2D eigenvalue weighted by atomic mass is 19.4. The molecule has 1 amide bonds. The second kappa shape index (κ2) is 18.2. The smallest absolute Gasteiger partial charge is 0.416 e. The monoisotopic (exact) mass is 680 g/mol. The maximum atomic E-state index is 12.9. The first-order valence-corrected chi connectivity index (χ1v) is 15.3. The summed E-state index contributed by atoms with van der Waals surface area (Å²) in [5, 5.41) is 43.2. The van der Waals surface area contributed by atoms with Gasteiger partial charge in [0.15, 0.2) is 0 Å². The molecular weight excluding hydrogens is 641 g/mol. The minimum absolute atomic E-state index is 0.0470. The largest absolute Gasteiger partial charge is 0.491 e. The maximum absolute atomic E-state index is 12.9. The van der Waals surface area contributed by atoms with E-state index in [4.69, 9.17) is 9.47 Å². The highest BCUT2D eigenvalue weighted by Gasteiger charge is 2.39. The lowest BCUT2D eigenvalue weighted by Gasteiger charge is -2.19. The number of amides is 1. The van der Waals surface area contributed by atoms with Gasteiger partial charge in [0, 0.05) is 18.8 Å². The quantitative estimate of drug-likeness (QED) is 0.0471. The van der Waals surface area contributed by atoms with E-state index in [0.29, 0.717) is 24.8 Å². The molecule has 3 rings (SSSR count). The number of esters is 1. The van der Waals surface area contributed by atoms with Crippen molar-refractivity contribution in [2.24, 2.45) is 11.8 Å². The Kier molecular flexibility index (Phi) is 14.4. The molecule has 1 saturated carbocycles. The Labute approximate surface area is 274 Å². The van der Waals surface area contributed by atoms with E-state index in [-0.39, 0.29) is 49.4 Å². The van der Waals surface area contributed by atoms with Crippen molar-refractivity contribution in [3.05, 3.63) is 94.1 Å². The van der Waals surface area contributed by atoms with Gasteiger partial charge in [-0.05, 0) is 68.0 Å². The number of halogens is 3. The number of rotatable bonds is 17. The highest BCUT2D eigenvalue weighted by Crippen LogP contribution is 2.36. The maximum Gasteiger partial charge on any atom is 0.416 e. The Hall–Kier alpha value is -4.47. The number of aliphatic hydroxyl groups excluding tert-OH is 3. The van der Waals surface area contributed by atoms with Crippen LogP contribution in [0.1, 0.15) is 50.2 Å². The third kappa shape index (κ3) is 12.6. The number of carbonyl (C=O) groups excluding carboxylic acids is 2. The third-order valence-electron chi connectivity index (χ3n) is 7.59. The van der Waals surface area contributed by atoms with Crippen molar-refractivity contribution in [1.29, 1.82) is 0 Å². The number of nitrogens with one attached hydrogen (secondary N) is 1. The first kappa shape index (κ1) is 38.0. The predicted molar refractivity (Wildman–Crippen MR) is 165 cm³/mol. The Bertz CT molecular complexity index is 1430. The lowest BCUT2D eigenvalue weighted by atomic mass is 9.89. The van der Waals surface area contributed by atoms with Crippen LogP contribution in [-0.2, 0) is 27.2 Å². The van der Waals surface area contributed by atoms with Crippen LogP contribution in [0.15, 0.2) is 72.8 Å². The van der Waals surface area contributed by atoms with Gasteiger partial charge in [0.05, 0.1) is 17.8 Å². The number of allylic oxidation sites excluding steroid dienone is 2. The number of hydrogen-bond donors (Lipinski definition) is 4. The van der Waals surface area contributed by atoms with Gasteiger partial charge < -0.3 is 34.9 Å². The van der Waals surface area contributed by atoms with Crippen LogP contribution in [-0.4, -0.2) is 63.2 Å². The van der Waals surface area contributed by atoms with Crippen molar-refractivity contribution in [3.8, 4) is 11.5 Å². The number of ether oxygens (including phenoxy) is 2. The highest BCUT2D eigenvalue weighted by molar-refractivity contribution is 5.85. The van der Waals surface area contributed by atoms with Gasteiger partial charge in [-0.25, -0.2) is 4.79 Å². The van der Waals surface area contributed by atoms with Gasteiger partial charge in [0.2, 0.25) is 5.91 Å². The summed E-state index contributed by atoms with van der Waals surface area (Å²) in [6.07, 6.45) is 1.01. The van der Waals surface area contributed by atoms with Crippen LogP contribution in [0.25, 0.3) is 0 Å². The van der Waals surface area contributed by atoms with Gasteiger partial charge in [0.1, 0.15) is 36.9 Å². The molecule has 0 aromatic heterocycles. The van der Waals surface area contributed by atoms with Crippen molar-refractivity contribution < 1.29 is 57.5 Å². The molecule has 262 valence electrons. The van der Waals surface area contributed by atoms with Crippen LogP contribution in [0.5, 0.6) is 11.5 Å². The average molecular weight is 681 g/mol.